The standard InChI is InChI=1S/C16H24N2O2/c1-3-13-8-6-7-11-18(13)12-16(19)17-14-9-4-5-10-15(14)20-2/h4-5,9-10,13H,3,6-8,11-12H2,1-2H3,(H,17,19)/t13-/m0/s1. The summed E-state index contributed by atoms with van der Waals surface area (Å²) in [5.41, 5.74) is 0.741. The summed E-state index contributed by atoms with van der Waals surface area (Å²) in [6.07, 6.45) is 4.79. The molecule has 1 fully saturated rings. The zero-order valence-electron chi connectivity index (χ0n) is 12.4. The second-order valence-corrected chi connectivity index (χ2v) is 5.28. The van der Waals surface area contributed by atoms with Crippen LogP contribution in [0.5, 0.6) is 5.75 Å². The van der Waals surface area contributed by atoms with E-state index in [2.05, 4.69) is 17.1 Å². The van der Waals surface area contributed by atoms with E-state index < -0.39 is 0 Å². The summed E-state index contributed by atoms with van der Waals surface area (Å²) in [7, 11) is 1.61. The van der Waals surface area contributed by atoms with Gasteiger partial charge in [-0.2, -0.15) is 0 Å². The molecule has 0 spiro atoms. The van der Waals surface area contributed by atoms with Crippen molar-refractivity contribution in [2.45, 2.75) is 38.6 Å². The summed E-state index contributed by atoms with van der Waals surface area (Å²) in [6, 6.07) is 8.06. The molecule has 1 heterocycles. The smallest absolute Gasteiger partial charge is 0.238 e. The van der Waals surface area contributed by atoms with E-state index in [-0.39, 0.29) is 5.91 Å². The molecule has 1 aromatic carbocycles. The van der Waals surface area contributed by atoms with Crippen LogP contribution < -0.4 is 10.1 Å². The number of benzene rings is 1. The molecule has 1 N–H and O–H groups in total. The van der Waals surface area contributed by atoms with Crippen molar-refractivity contribution in [3.8, 4) is 5.75 Å². The summed E-state index contributed by atoms with van der Waals surface area (Å²) in [6.45, 7) is 3.69. The SMILES string of the molecule is CC[C@H]1CCCCN1CC(=O)Nc1ccccc1OC. The normalized spacial score (nSPS) is 19.6. The van der Waals surface area contributed by atoms with Gasteiger partial charge in [-0.25, -0.2) is 0 Å². The third kappa shape index (κ3) is 3.73. The fraction of sp³-hybridized carbons (Fsp3) is 0.562. The van der Waals surface area contributed by atoms with Crippen LogP contribution in [0.25, 0.3) is 0 Å². The molecule has 0 aromatic heterocycles. The van der Waals surface area contributed by atoms with Crippen LogP contribution in [-0.2, 0) is 4.79 Å². The minimum atomic E-state index is 0.0369. The first-order valence-corrected chi connectivity index (χ1v) is 7.41. The van der Waals surface area contributed by atoms with Gasteiger partial charge < -0.3 is 10.1 Å². The Morgan fingerprint density at radius 1 is 1.40 bits per heavy atom. The Hall–Kier alpha value is -1.55. The number of nitrogens with one attached hydrogen (secondary N) is 1. The molecule has 4 nitrogen and oxygen atoms in total. The number of methoxy groups -OCH3 is 1. The third-order valence-corrected chi connectivity index (χ3v) is 3.95. The average molecular weight is 276 g/mol. The molecule has 1 aliphatic heterocycles. The van der Waals surface area contributed by atoms with Crippen LogP contribution >= 0.6 is 0 Å². The molecule has 0 unspecified atom stereocenters. The van der Waals surface area contributed by atoms with Crippen LogP contribution in [-0.4, -0.2) is 37.0 Å². The van der Waals surface area contributed by atoms with E-state index in [1.54, 1.807) is 7.11 Å². The van der Waals surface area contributed by atoms with Crippen molar-refractivity contribution in [2.75, 3.05) is 25.5 Å². The molecule has 1 atom stereocenters. The first kappa shape index (κ1) is 14.9. The van der Waals surface area contributed by atoms with Gasteiger partial charge in [-0.1, -0.05) is 25.5 Å². The first-order valence-electron chi connectivity index (χ1n) is 7.41. The second kappa shape index (κ2) is 7.29. The van der Waals surface area contributed by atoms with Crippen molar-refractivity contribution in [1.82, 2.24) is 4.90 Å². The highest BCUT2D eigenvalue weighted by atomic mass is 16.5. The third-order valence-electron chi connectivity index (χ3n) is 3.95. The van der Waals surface area contributed by atoms with Gasteiger partial charge >= 0.3 is 0 Å². The fourth-order valence-electron chi connectivity index (χ4n) is 2.85. The van der Waals surface area contributed by atoms with Gasteiger partial charge in [-0.3, -0.25) is 9.69 Å². The number of hydrogen-bond acceptors (Lipinski definition) is 3. The molecule has 0 bridgehead atoms. The summed E-state index contributed by atoms with van der Waals surface area (Å²) in [5, 5.41) is 2.95. The largest absolute Gasteiger partial charge is 0.495 e. The van der Waals surface area contributed by atoms with Crippen molar-refractivity contribution < 1.29 is 9.53 Å². The van der Waals surface area contributed by atoms with Crippen LogP contribution in [0.2, 0.25) is 0 Å². The molecule has 20 heavy (non-hydrogen) atoms. The Labute approximate surface area is 121 Å². The van der Waals surface area contributed by atoms with E-state index in [4.69, 9.17) is 4.74 Å². The van der Waals surface area contributed by atoms with E-state index in [0.717, 1.165) is 18.7 Å². The highest BCUT2D eigenvalue weighted by Gasteiger charge is 2.22. The average Bonchev–Trinajstić information content (AvgIpc) is 2.48. The number of rotatable bonds is 5. The van der Waals surface area contributed by atoms with Crippen molar-refractivity contribution in [1.29, 1.82) is 0 Å². The van der Waals surface area contributed by atoms with E-state index in [1.807, 2.05) is 24.3 Å². The second-order valence-electron chi connectivity index (χ2n) is 5.28. The number of nitrogens with zero attached hydrogens (tertiary/aromatic N) is 1. The number of anilines is 1. The molecule has 1 aromatic rings. The lowest BCUT2D eigenvalue weighted by Crippen LogP contribution is -2.43. The van der Waals surface area contributed by atoms with Gasteiger partial charge in [0.25, 0.3) is 0 Å². The van der Waals surface area contributed by atoms with Crippen LogP contribution in [0.15, 0.2) is 24.3 Å². The molecule has 1 aliphatic rings. The Morgan fingerprint density at radius 3 is 2.95 bits per heavy atom. The number of likely N-dealkylation sites (tertiary alicyclic amines) is 1. The molecule has 2 rings (SSSR count). The lowest BCUT2D eigenvalue weighted by molar-refractivity contribution is -0.118. The summed E-state index contributed by atoms with van der Waals surface area (Å²) in [4.78, 5) is 14.5. The Bertz CT molecular complexity index is 448. The minimum Gasteiger partial charge on any atom is -0.495 e. The molecule has 0 saturated carbocycles. The molecule has 4 heteroatoms. The molecule has 1 amide bonds. The lowest BCUT2D eigenvalue weighted by Gasteiger charge is -2.34. The minimum absolute atomic E-state index is 0.0369. The topological polar surface area (TPSA) is 41.6 Å². The zero-order valence-corrected chi connectivity index (χ0v) is 12.4. The maximum Gasteiger partial charge on any atom is 0.238 e. The predicted molar refractivity (Wildman–Crippen MR) is 81.1 cm³/mol. The number of carbonyl (C=O) groups is 1. The van der Waals surface area contributed by atoms with Gasteiger partial charge in [0.2, 0.25) is 5.91 Å². The monoisotopic (exact) mass is 276 g/mol. The van der Waals surface area contributed by atoms with Gasteiger partial charge in [-0.05, 0) is 37.9 Å². The Kier molecular flexibility index (Phi) is 5.41. The quantitative estimate of drug-likeness (QED) is 0.899. The summed E-state index contributed by atoms with van der Waals surface area (Å²) < 4.78 is 5.25. The van der Waals surface area contributed by atoms with Crippen LogP contribution in [0, 0.1) is 0 Å². The number of piperidine rings is 1. The number of ether oxygens (including phenoxy) is 1. The Morgan fingerprint density at radius 2 is 2.20 bits per heavy atom. The molecule has 0 radical (unpaired) electrons. The van der Waals surface area contributed by atoms with E-state index in [1.165, 1.54) is 19.3 Å². The van der Waals surface area contributed by atoms with Gasteiger partial charge in [0.1, 0.15) is 5.75 Å². The molecule has 110 valence electrons. The predicted octanol–water partition coefficient (Wildman–Crippen LogP) is 2.90. The highest BCUT2D eigenvalue weighted by molar-refractivity contribution is 5.93. The van der Waals surface area contributed by atoms with Gasteiger partial charge in [0.05, 0.1) is 19.3 Å². The Balaban J connectivity index is 1.94. The number of hydrogen-bond donors (Lipinski definition) is 1. The van der Waals surface area contributed by atoms with Gasteiger partial charge in [0, 0.05) is 6.04 Å². The van der Waals surface area contributed by atoms with E-state index >= 15 is 0 Å². The van der Waals surface area contributed by atoms with Crippen molar-refractivity contribution >= 4 is 11.6 Å². The van der Waals surface area contributed by atoms with Crippen LogP contribution in [0.3, 0.4) is 0 Å². The summed E-state index contributed by atoms with van der Waals surface area (Å²) in [5.74, 6) is 0.737. The van der Waals surface area contributed by atoms with Crippen molar-refractivity contribution in [2.24, 2.45) is 0 Å². The maximum atomic E-state index is 12.2. The van der Waals surface area contributed by atoms with Gasteiger partial charge in [0.15, 0.2) is 0 Å². The van der Waals surface area contributed by atoms with E-state index in [9.17, 15) is 4.79 Å². The first-order chi connectivity index (χ1) is 9.74. The van der Waals surface area contributed by atoms with Gasteiger partial charge in [-0.15, -0.1) is 0 Å². The fourth-order valence-corrected chi connectivity index (χ4v) is 2.85. The number of para-hydroxylation sites is 2. The lowest BCUT2D eigenvalue weighted by atomic mass is 10.00. The highest BCUT2D eigenvalue weighted by Crippen LogP contribution is 2.23. The molecular weight excluding hydrogens is 252 g/mol. The molecular formula is C16H24N2O2. The zero-order chi connectivity index (χ0) is 14.4. The maximum absolute atomic E-state index is 12.2. The number of carbonyl (C=O) groups excluding carboxylic acids is 1. The summed E-state index contributed by atoms with van der Waals surface area (Å²) >= 11 is 0. The van der Waals surface area contributed by atoms with Crippen LogP contribution in [0.4, 0.5) is 5.69 Å². The van der Waals surface area contributed by atoms with Crippen LogP contribution in [0.1, 0.15) is 32.6 Å². The van der Waals surface area contributed by atoms with E-state index in [0.29, 0.717) is 18.3 Å². The number of amides is 1. The molecule has 1 saturated heterocycles. The molecule has 0 aliphatic carbocycles. The van der Waals surface area contributed by atoms with Crippen molar-refractivity contribution in [3.63, 3.8) is 0 Å². The van der Waals surface area contributed by atoms with Crippen molar-refractivity contribution in [3.05, 3.63) is 24.3 Å².